The number of likely N-dealkylation sites (tertiary alicyclic amines) is 1. The third kappa shape index (κ3) is 7.25. The number of hydrogen-bond acceptors (Lipinski definition) is 4. The molecule has 1 aliphatic heterocycles. The molecule has 2 rings (SSSR count). The van der Waals surface area contributed by atoms with Gasteiger partial charge in [-0.2, -0.15) is 0 Å². The Morgan fingerprint density at radius 3 is 2.38 bits per heavy atom. The van der Waals surface area contributed by atoms with Crippen LogP contribution in [0.1, 0.15) is 25.7 Å². The molecule has 21 heavy (non-hydrogen) atoms. The number of rotatable bonds is 9. The van der Waals surface area contributed by atoms with Crippen LogP contribution in [0.25, 0.3) is 0 Å². The van der Waals surface area contributed by atoms with E-state index in [4.69, 9.17) is 0 Å². The van der Waals surface area contributed by atoms with E-state index in [0.29, 0.717) is 12.5 Å². The number of carbonyl (C=O) groups excluding carboxylic acids is 1. The minimum absolute atomic E-state index is 0.158. The molecule has 5 nitrogen and oxygen atoms in total. The molecule has 2 N–H and O–H groups in total. The maximum absolute atomic E-state index is 11.7. The maximum atomic E-state index is 11.7. The highest BCUT2D eigenvalue weighted by Crippen LogP contribution is 2.27. The second kappa shape index (κ2) is 8.71. The largest absolute Gasteiger partial charge is 0.355 e. The fourth-order valence-electron chi connectivity index (χ4n) is 2.79. The summed E-state index contributed by atoms with van der Waals surface area (Å²) in [7, 11) is 4.25. The minimum Gasteiger partial charge on any atom is -0.355 e. The van der Waals surface area contributed by atoms with Crippen molar-refractivity contribution in [2.45, 2.75) is 25.7 Å². The van der Waals surface area contributed by atoms with Crippen LogP contribution in [0.15, 0.2) is 0 Å². The molecule has 1 amide bonds. The predicted molar refractivity (Wildman–Crippen MR) is 86.3 cm³/mol. The Kier molecular flexibility index (Phi) is 6.93. The Balaban J connectivity index is 1.48. The lowest BCUT2D eigenvalue weighted by Gasteiger charge is -2.32. The highest BCUT2D eigenvalue weighted by Gasteiger charge is 2.21. The monoisotopic (exact) mass is 296 g/mol. The van der Waals surface area contributed by atoms with Gasteiger partial charge in [-0.1, -0.05) is 0 Å². The number of hydrogen-bond donors (Lipinski definition) is 2. The van der Waals surface area contributed by atoms with E-state index in [-0.39, 0.29) is 5.91 Å². The number of nitrogens with one attached hydrogen (secondary N) is 2. The second-order valence-electron chi connectivity index (χ2n) is 6.97. The number of likely N-dealkylation sites (N-methyl/N-ethyl adjacent to an activating group) is 1. The zero-order valence-electron chi connectivity index (χ0n) is 13.7. The van der Waals surface area contributed by atoms with E-state index in [1.165, 1.54) is 38.8 Å². The first-order chi connectivity index (χ1) is 10.1. The van der Waals surface area contributed by atoms with Crippen molar-refractivity contribution in [3.63, 3.8) is 0 Å². The van der Waals surface area contributed by atoms with Gasteiger partial charge in [0.1, 0.15) is 0 Å². The molecule has 0 aromatic carbocycles. The van der Waals surface area contributed by atoms with E-state index in [2.05, 4.69) is 34.5 Å². The summed E-state index contributed by atoms with van der Waals surface area (Å²) in [4.78, 5) is 16.5. The second-order valence-corrected chi connectivity index (χ2v) is 6.97. The van der Waals surface area contributed by atoms with E-state index in [9.17, 15) is 4.79 Å². The Bertz CT molecular complexity index is 309. The van der Waals surface area contributed by atoms with Crippen molar-refractivity contribution in [2.24, 2.45) is 11.8 Å². The summed E-state index contributed by atoms with van der Waals surface area (Å²) in [6.07, 6.45) is 5.09. The van der Waals surface area contributed by atoms with Crippen LogP contribution in [0.4, 0.5) is 0 Å². The summed E-state index contributed by atoms with van der Waals surface area (Å²) in [5.41, 5.74) is 0. The molecule has 2 fully saturated rings. The molecule has 1 saturated heterocycles. The maximum Gasteiger partial charge on any atom is 0.233 e. The molecule has 0 bridgehead atoms. The summed E-state index contributed by atoms with van der Waals surface area (Å²) >= 11 is 0. The fraction of sp³-hybridized carbons (Fsp3) is 0.938. The molecule has 0 aromatic heterocycles. The van der Waals surface area contributed by atoms with Crippen LogP contribution in [0.2, 0.25) is 0 Å². The summed E-state index contributed by atoms with van der Waals surface area (Å²) in [5.74, 6) is 1.66. The van der Waals surface area contributed by atoms with Crippen molar-refractivity contribution >= 4 is 5.91 Å². The third-order valence-corrected chi connectivity index (χ3v) is 4.57. The number of amides is 1. The molecular weight excluding hydrogens is 264 g/mol. The SMILES string of the molecule is CN(C)CCN1CCC(CNC(=O)CNCC2CC2)CC1. The van der Waals surface area contributed by atoms with Gasteiger partial charge in [-0.05, 0) is 71.2 Å². The van der Waals surface area contributed by atoms with Crippen LogP contribution < -0.4 is 10.6 Å². The smallest absolute Gasteiger partial charge is 0.233 e. The average Bonchev–Trinajstić information content (AvgIpc) is 3.28. The van der Waals surface area contributed by atoms with Gasteiger partial charge in [0.25, 0.3) is 0 Å². The van der Waals surface area contributed by atoms with E-state index in [1.807, 2.05) is 0 Å². The van der Waals surface area contributed by atoms with Crippen LogP contribution in [0.3, 0.4) is 0 Å². The van der Waals surface area contributed by atoms with Crippen molar-refractivity contribution in [1.82, 2.24) is 20.4 Å². The lowest BCUT2D eigenvalue weighted by atomic mass is 9.97. The van der Waals surface area contributed by atoms with Crippen LogP contribution in [-0.2, 0) is 4.79 Å². The van der Waals surface area contributed by atoms with Crippen molar-refractivity contribution in [2.75, 3.05) is 59.9 Å². The van der Waals surface area contributed by atoms with Gasteiger partial charge >= 0.3 is 0 Å². The Hall–Kier alpha value is -0.650. The number of piperidine rings is 1. The standard InChI is InChI=1S/C16H32N4O/c1-19(2)9-10-20-7-5-15(6-8-20)12-18-16(21)13-17-11-14-3-4-14/h14-15,17H,3-13H2,1-2H3,(H,18,21). The summed E-state index contributed by atoms with van der Waals surface area (Å²) < 4.78 is 0. The topological polar surface area (TPSA) is 47.6 Å². The van der Waals surface area contributed by atoms with Gasteiger partial charge in [-0.25, -0.2) is 0 Å². The first-order valence-electron chi connectivity index (χ1n) is 8.48. The minimum atomic E-state index is 0.158. The average molecular weight is 296 g/mol. The summed E-state index contributed by atoms with van der Waals surface area (Å²) in [6.45, 7) is 7.00. The van der Waals surface area contributed by atoms with E-state index in [0.717, 1.165) is 32.1 Å². The molecule has 0 atom stereocenters. The van der Waals surface area contributed by atoms with Crippen LogP contribution in [0.5, 0.6) is 0 Å². The van der Waals surface area contributed by atoms with Gasteiger partial charge < -0.3 is 20.4 Å². The quantitative estimate of drug-likeness (QED) is 0.646. The summed E-state index contributed by atoms with van der Waals surface area (Å²) in [6, 6.07) is 0. The zero-order valence-corrected chi connectivity index (χ0v) is 13.7. The zero-order chi connectivity index (χ0) is 15.1. The van der Waals surface area contributed by atoms with Gasteiger partial charge in [0.2, 0.25) is 5.91 Å². The van der Waals surface area contributed by atoms with Gasteiger partial charge in [-0.3, -0.25) is 4.79 Å². The van der Waals surface area contributed by atoms with Gasteiger partial charge in [0.15, 0.2) is 0 Å². The number of nitrogens with zero attached hydrogens (tertiary/aromatic N) is 2. The molecule has 2 aliphatic rings. The highest BCUT2D eigenvalue weighted by molar-refractivity contribution is 5.77. The van der Waals surface area contributed by atoms with Crippen molar-refractivity contribution in [1.29, 1.82) is 0 Å². The lowest BCUT2D eigenvalue weighted by Crippen LogP contribution is -2.42. The van der Waals surface area contributed by atoms with Crippen LogP contribution in [-0.4, -0.2) is 75.6 Å². The fourth-order valence-corrected chi connectivity index (χ4v) is 2.79. The molecule has 0 radical (unpaired) electrons. The lowest BCUT2D eigenvalue weighted by molar-refractivity contribution is -0.120. The van der Waals surface area contributed by atoms with E-state index < -0.39 is 0 Å². The first-order valence-corrected chi connectivity index (χ1v) is 8.48. The predicted octanol–water partition coefficient (Wildman–Crippen LogP) is 0.376. The molecule has 5 heteroatoms. The van der Waals surface area contributed by atoms with Gasteiger partial charge in [-0.15, -0.1) is 0 Å². The van der Waals surface area contributed by atoms with Crippen LogP contribution in [0, 0.1) is 11.8 Å². The number of carbonyl (C=O) groups is 1. The molecule has 0 unspecified atom stereocenters. The Morgan fingerprint density at radius 1 is 1.10 bits per heavy atom. The molecule has 0 aromatic rings. The van der Waals surface area contributed by atoms with E-state index in [1.54, 1.807) is 0 Å². The Morgan fingerprint density at radius 2 is 1.76 bits per heavy atom. The van der Waals surface area contributed by atoms with Crippen molar-refractivity contribution in [3.05, 3.63) is 0 Å². The highest BCUT2D eigenvalue weighted by atomic mass is 16.1. The Labute approximate surface area is 129 Å². The van der Waals surface area contributed by atoms with Gasteiger partial charge in [0.05, 0.1) is 6.54 Å². The molecule has 1 saturated carbocycles. The molecule has 1 aliphatic carbocycles. The third-order valence-electron chi connectivity index (χ3n) is 4.57. The molecule has 1 heterocycles. The first kappa shape index (κ1) is 16.7. The molecular formula is C16H32N4O. The normalized spacial score (nSPS) is 20.9. The van der Waals surface area contributed by atoms with Crippen molar-refractivity contribution < 1.29 is 4.79 Å². The molecule has 122 valence electrons. The van der Waals surface area contributed by atoms with Gasteiger partial charge in [0, 0.05) is 19.6 Å². The molecule has 0 spiro atoms. The van der Waals surface area contributed by atoms with Crippen LogP contribution >= 0.6 is 0 Å². The summed E-state index contributed by atoms with van der Waals surface area (Å²) in [5, 5.41) is 6.33. The van der Waals surface area contributed by atoms with Crippen molar-refractivity contribution in [3.8, 4) is 0 Å². The van der Waals surface area contributed by atoms with E-state index >= 15 is 0 Å².